The molecule has 0 fully saturated rings. The molecule has 4 heteroatoms. The zero-order valence-electron chi connectivity index (χ0n) is 11.7. The maximum absolute atomic E-state index is 13.7. The summed E-state index contributed by atoms with van der Waals surface area (Å²) >= 11 is 0. The van der Waals surface area contributed by atoms with Crippen molar-refractivity contribution in [3.63, 3.8) is 0 Å². The molecule has 108 valence electrons. The standard InChI is InChI=1S/C16H21FN2O/c1-2-9-18-11-16(20)15-8-5-10-19(15)12-13-6-3-4-7-14(13)17/h3-8,10,16,18,20H,2,9,11-12H2,1H3. The van der Waals surface area contributed by atoms with E-state index in [1.807, 2.05) is 29.0 Å². The van der Waals surface area contributed by atoms with Crippen molar-refractivity contribution < 1.29 is 9.50 Å². The van der Waals surface area contributed by atoms with E-state index >= 15 is 0 Å². The number of aliphatic hydroxyl groups is 1. The van der Waals surface area contributed by atoms with Crippen LogP contribution in [0.1, 0.15) is 30.7 Å². The van der Waals surface area contributed by atoms with Crippen LogP contribution >= 0.6 is 0 Å². The second-order valence-electron chi connectivity index (χ2n) is 4.87. The number of rotatable bonds is 7. The first-order valence-electron chi connectivity index (χ1n) is 6.99. The van der Waals surface area contributed by atoms with Gasteiger partial charge in [0.15, 0.2) is 0 Å². The summed E-state index contributed by atoms with van der Waals surface area (Å²) in [7, 11) is 0. The maximum atomic E-state index is 13.7. The lowest BCUT2D eigenvalue weighted by atomic mass is 10.2. The number of benzene rings is 1. The van der Waals surface area contributed by atoms with Crippen molar-refractivity contribution >= 4 is 0 Å². The fourth-order valence-corrected chi connectivity index (χ4v) is 2.20. The van der Waals surface area contributed by atoms with Gasteiger partial charge in [0.05, 0.1) is 6.54 Å². The topological polar surface area (TPSA) is 37.2 Å². The van der Waals surface area contributed by atoms with Crippen LogP contribution in [0.3, 0.4) is 0 Å². The highest BCUT2D eigenvalue weighted by atomic mass is 19.1. The normalized spacial score (nSPS) is 12.6. The first-order valence-corrected chi connectivity index (χ1v) is 6.99. The van der Waals surface area contributed by atoms with E-state index in [1.54, 1.807) is 12.1 Å². The number of aromatic nitrogens is 1. The minimum atomic E-state index is -0.580. The van der Waals surface area contributed by atoms with Crippen LogP contribution in [-0.2, 0) is 6.54 Å². The number of aliphatic hydroxyl groups excluding tert-OH is 1. The van der Waals surface area contributed by atoms with Crippen LogP contribution in [0, 0.1) is 5.82 Å². The molecule has 3 nitrogen and oxygen atoms in total. The molecule has 0 radical (unpaired) electrons. The summed E-state index contributed by atoms with van der Waals surface area (Å²) in [4.78, 5) is 0. The molecule has 0 amide bonds. The third kappa shape index (κ3) is 3.68. The quantitative estimate of drug-likeness (QED) is 0.763. The Morgan fingerprint density at radius 3 is 2.80 bits per heavy atom. The van der Waals surface area contributed by atoms with Gasteiger partial charge in [-0.2, -0.15) is 0 Å². The van der Waals surface area contributed by atoms with Crippen molar-refractivity contribution in [2.45, 2.75) is 26.0 Å². The van der Waals surface area contributed by atoms with Crippen molar-refractivity contribution in [2.24, 2.45) is 0 Å². The van der Waals surface area contributed by atoms with E-state index < -0.39 is 6.10 Å². The first kappa shape index (κ1) is 14.8. The minimum absolute atomic E-state index is 0.217. The van der Waals surface area contributed by atoms with Crippen molar-refractivity contribution in [3.8, 4) is 0 Å². The monoisotopic (exact) mass is 276 g/mol. The molecule has 1 unspecified atom stereocenters. The van der Waals surface area contributed by atoms with Gasteiger partial charge in [-0.15, -0.1) is 0 Å². The van der Waals surface area contributed by atoms with Crippen molar-refractivity contribution in [2.75, 3.05) is 13.1 Å². The third-order valence-corrected chi connectivity index (χ3v) is 3.27. The Hall–Kier alpha value is -1.65. The SMILES string of the molecule is CCCNCC(O)c1cccn1Cc1ccccc1F. The van der Waals surface area contributed by atoms with Crippen LogP contribution in [0.5, 0.6) is 0 Å². The zero-order chi connectivity index (χ0) is 14.4. The van der Waals surface area contributed by atoms with Gasteiger partial charge in [-0.3, -0.25) is 0 Å². The highest BCUT2D eigenvalue weighted by Crippen LogP contribution is 2.16. The highest BCUT2D eigenvalue weighted by Gasteiger charge is 2.12. The Kier molecular flexibility index (Phi) is 5.32. The molecule has 1 atom stereocenters. The molecule has 1 heterocycles. The number of halogens is 1. The average Bonchev–Trinajstić information content (AvgIpc) is 2.90. The summed E-state index contributed by atoms with van der Waals surface area (Å²) in [6.07, 6.45) is 2.32. The van der Waals surface area contributed by atoms with E-state index in [2.05, 4.69) is 12.2 Å². The minimum Gasteiger partial charge on any atom is -0.386 e. The Labute approximate surface area is 119 Å². The molecule has 0 bridgehead atoms. The van der Waals surface area contributed by atoms with E-state index in [1.165, 1.54) is 6.07 Å². The second kappa shape index (κ2) is 7.22. The van der Waals surface area contributed by atoms with E-state index in [9.17, 15) is 9.50 Å². The molecule has 0 spiro atoms. The van der Waals surface area contributed by atoms with E-state index in [4.69, 9.17) is 0 Å². The molecule has 1 aromatic heterocycles. The van der Waals surface area contributed by atoms with Gasteiger partial charge >= 0.3 is 0 Å². The van der Waals surface area contributed by atoms with Gasteiger partial charge in [0, 0.05) is 24.0 Å². The number of hydrogen-bond donors (Lipinski definition) is 2. The van der Waals surface area contributed by atoms with Crippen LogP contribution in [0.2, 0.25) is 0 Å². The Morgan fingerprint density at radius 1 is 1.25 bits per heavy atom. The largest absolute Gasteiger partial charge is 0.386 e. The molecule has 2 N–H and O–H groups in total. The van der Waals surface area contributed by atoms with Gasteiger partial charge in [-0.25, -0.2) is 4.39 Å². The lowest BCUT2D eigenvalue weighted by Crippen LogP contribution is -2.23. The van der Waals surface area contributed by atoms with Crippen LogP contribution in [0.25, 0.3) is 0 Å². The molecule has 2 rings (SSSR count). The van der Waals surface area contributed by atoms with Gasteiger partial charge in [0.1, 0.15) is 11.9 Å². The molecular formula is C16H21FN2O. The summed E-state index contributed by atoms with van der Waals surface area (Å²) in [5.41, 5.74) is 1.43. The van der Waals surface area contributed by atoms with Crippen LogP contribution in [-0.4, -0.2) is 22.8 Å². The Morgan fingerprint density at radius 2 is 2.05 bits per heavy atom. The summed E-state index contributed by atoms with van der Waals surface area (Å²) in [5, 5.41) is 13.4. The van der Waals surface area contributed by atoms with Crippen LogP contribution in [0.4, 0.5) is 4.39 Å². The highest BCUT2D eigenvalue weighted by molar-refractivity contribution is 5.20. The first-order chi connectivity index (χ1) is 9.72. The molecule has 0 aliphatic heterocycles. The fraction of sp³-hybridized carbons (Fsp3) is 0.375. The average molecular weight is 276 g/mol. The molecule has 0 aliphatic carbocycles. The smallest absolute Gasteiger partial charge is 0.128 e. The van der Waals surface area contributed by atoms with Gasteiger partial charge in [0.25, 0.3) is 0 Å². The molecule has 0 aliphatic rings. The number of nitrogens with zero attached hydrogens (tertiary/aromatic N) is 1. The van der Waals surface area contributed by atoms with Gasteiger partial charge in [-0.05, 0) is 31.2 Å². The predicted molar refractivity (Wildman–Crippen MR) is 78.1 cm³/mol. The number of nitrogens with one attached hydrogen (secondary N) is 1. The Bertz CT molecular complexity index is 539. The second-order valence-corrected chi connectivity index (χ2v) is 4.87. The molecule has 0 saturated carbocycles. The maximum Gasteiger partial charge on any atom is 0.128 e. The number of hydrogen-bond acceptors (Lipinski definition) is 2. The molecule has 2 aromatic rings. The van der Waals surface area contributed by atoms with Crippen LogP contribution in [0.15, 0.2) is 42.6 Å². The van der Waals surface area contributed by atoms with Crippen molar-refractivity contribution in [3.05, 3.63) is 59.7 Å². The predicted octanol–water partition coefficient (Wildman–Crippen LogP) is 2.71. The molecule has 20 heavy (non-hydrogen) atoms. The summed E-state index contributed by atoms with van der Waals surface area (Å²) in [6, 6.07) is 10.5. The summed E-state index contributed by atoms with van der Waals surface area (Å²) < 4.78 is 15.6. The van der Waals surface area contributed by atoms with Gasteiger partial charge in [-0.1, -0.05) is 25.1 Å². The zero-order valence-corrected chi connectivity index (χ0v) is 11.7. The van der Waals surface area contributed by atoms with Gasteiger partial charge < -0.3 is 15.0 Å². The van der Waals surface area contributed by atoms with E-state index in [0.29, 0.717) is 18.7 Å². The molecule has 1 aromatic carbocycles. The van der Waals surface area contributed by atoms with Crippen LogP contribution < -0.4 is 5.32 Å². The Balaban J connectivity index is 2.07. The summed E-state index contributed by atoms with van der Waals surface area (Å²) in [6.45, 7) is 3.90. The molecular weight excluding hydrogens is 255 g/mol. The van der Waals surface area contributed by atoms with E-state index in [0.717, 1.165) is 18.7 Å². The lowest BCUT2D eigenvalue weighted by Gasteiger charge is -2.15. The van der Waals surface area contributed by atoms with Crippen molar-refractivity contribution in [1.82, 2.24) is 9.88 Å². The van der Waals surface area contributed by atoms with Crippen molar-refractivity contribution in [1.29, 1.82) is 0 Å². The van der Waals surface area contributed by atoms with Gasteiger partial charge in [0.2, 0.25) is 0 Å². The summed E-state index contributed by atoms with van der Waals surface area (Å²) in [5.74, 6) is -0.217. The third-order valence-electron chi connectivity index (χ3n) is 3.27. The fourth-order valence-electron chi connectivity index (χ4n) is 2.20. The molecule has 0 saturated heterocycles. The lowest BCUT2D eigenvalue weighted by molar-refractivity contribution is 0.166. The van der Waals surface area contributed by atoms with E-state index in [-0.39, 0.29) is 5.82 Å².